The zero-order valence-corrected chi connectivity index (χ0v) is 5.10. The maximum absolute atomic E-state index is 7.32. The highest BCUT2D eigenvalue weighted by molar-refractivity contribution is 4.51. The van der Waals surface area contributed by atoms with E-state index in [9.17, 15) is 0 Å². The van der Waals surface area contributed by atoms with Gasteiger partial charge >= 0.3 is 0 Å². The van der Waals surface area contributed by atoms with Crippen LogP contribution in [0.15, 0.2) is 0 Å². The zero-order chi connectivity index (χ0) is 6.28. The summed E-state index contributed by atoms with van der Waals surface area (Å²) in [4.78, 5) is 0. The molecular weight excluding hydrogens is 88.1 g/mol. The molecule has 0 unspecified atom stereocenters. The van der Waals surface area contributed by atoms with Gasteiger partial charge in [-0.05, 0) is 6.04 Å². The van der Waals surface area contributed by atoms with Gasteiger partial charge in [-0.1, -0.05) is 13.8 Å². The van der Waals surface area contributed by atoms with Crippen LogP contribution in [0.1, 0.15) is 20.8 Å². The third-order valence-corrected chi connectivity index (χ3v) is 0. The molecule has 0 heterocycles. The highest BCUT2D eigenvalue weighted by Gasteiger charge is 1.67. The summed E-state index contributed by atoms with van der Waals surface area (Å²) in [5.41, 5.74) is 5.11. The normalized spacial score (nSPS) is 6.29. The maximum Gasteiger partial charge on any atom is 0.0587 e. The average molecular weight is 100 g/mol. The number of nitrogens with two attached hydrogens (primary N) is 1. The Bertz CT molecular complexity index is 48.8. The van der Waals surface area contributed by atoms with E-state index in [4.69, 9.17) is 11.0 Å². The molecule has 0 aromatic rings. The fraction of sp³-hybridized carbons (Fsp3) is 0.800. The van der Waals surface area contributed by atoms with Gasteiger partial charge in [0.15, 0.2) is 0 Å². The highest BCUT2D eigenvalue weighted by Crippen LogP contribution is 1.58. The van der Waals surface area contributed by atoms with Crippen LogP contribution >= 0.6 is 0 Å². The van der Waals surface area contributed by atoms with Crippen LogP contribution in [0, 0.1) is 11.3 Å². The van der Waals surface area contributed by atoms with Gasteiger partial charge in [-0.2, -0.15) is 5.26 Å². The van der Waals surface area contributed by atoms with Gasteiger partial charge in [-0.25, -0.2) is 0 Å². The number of nitrogens with zero attached hydrogens (tertiary/aromatic N) is 1. The molecule has 0 amide bonds. The number of rotatable bonds is 0. The van der Waals surface area contributed by atoms with Crippen molar-refractivity contribution in [2.24, 2.45) is 5.73 Å². The van der Waals surface area contributed by atoms with E-state index in [-0.39, 0.29) is 0 Å². The summed E-state index contributed by atoms with van der Waals surface area (Å²) >= 11 is 0. The van der Waals surface area contributed by atoms with E-state index < -0.39 is 0 Å². The topological polar surface area (TPSA) is 49.8 Å². The molecule has 0 atom stereocenters. The summed E-state index contributed by atoms with van der Waals surface area (Å²) in [6, 6.07) is 2.08. The lowest BCUT2D eigenvalue weighted by molar-refractivity contribution is 0.834. The molecule has 2 nitrogen and oxygen atoms in total. The van der Waals surface area contributed by atoms with Gasteiger partial charge < -0.3 is 5.73 Å². The molecule has 0 bridgehead atoms. The van der Waals surface area contributed by atoms with E-state index in [2.05, 4.69) is 0 Å². The van der Waals surface area contributed by atoms with Gasteiger partial charge in [0.2, 0.25) is 0 Å². The molecule has 0 aromatic carbocycles. The van der Waals surface area contributed by atoms with Gasteiger partial charge in [0.25, 0.3) is 0 Å². The van der Waals surface area contributed by atoms with Crippen molar-refractivity contribution in [2.45, 2.75) is 26.8 Å². The number of hydrogen-bond acceptors (Lipinski definition) is 2. The summed E-state index contributed by atoms with van der Waals surface area (Å²) in [6.07, 6.45) is 0. The van der Waals surface area contributed by atoms with E-state index >= 15 is 0 Å². The van der Waals surface area contributed by atoms with Gasteiger partial charge in [0.1, 0.15) is 0 Å². The standard InChI is InChI=1S/C3H9N.C2H3N/c1-3(2)4;1-2-3/h3H,4H2,1-2H3;1H3. The number of nitriles is 1. The largest absolute Gasteiger partial charge is 0.328 e. The lowest BCUT2D eigenvalue weighted by Crippen LogP contribution is -2.06. The average Bonchev–Trinajstić information content (AvgIpc) is 1.33. The van der Waals surface area contributed by atoms with Crippen molar-refractivity contribution in [1.82, 2.24) is 0 Å². The molecule has 0 saturated heterocycles. The Morgan fingerprint density at radius 1 is 1.57 bits per heavy atom. The molecule has 0 aliphatic heterocycles. The minimum absolute atomic E-state index is 0.333. The van der Waals surface area contributed by atoms with Crippen molar-refractivity contribution in [3.05, 3.63) is 0 Å². The second kappa shape index (κ2) is 9.07. The maximum atomic E-state index is 7.32. The summed E-state index contributed by atoms with van der Waals surface area (Å²) in [6.45, 7) is 5.32. The molecule has 42 valence electrons. The Morgan fingerprint density at radius 3 is 1.57 bits per heavy atom. The smallest absolute Gasteiger partial charge is 0.0587 e. The molecule has 0 aliphatic carbocycles. The van der Waals surface area contributed by atoms with Crippen molar-refractivity contribution >= 4 is 0 Å². The van der Waals surface area contributed by atoms with Gasteiger partial charge in [0.05, 0.1) is 6.07 Å². The van der Waals surface area contributed by atoms with Gasteiger partial charge in [0, 0.05) is 6.92 Å². The molecule has 0 radical (unpaired) electrons. The van der Waals surface area contributed by atoms with Crippen molar-refractivity contribution in [3.63, 3.8) is 0 Å². The van der Waals surface area contributed by atoms with Crippen LogP contribution in [-0.2, 0) is 0 Å². The zero-order valence-electron chi connectivity index (χ0n) is 5.10. The van der Waals surface area contributed by atoms with Crippen molar-refractivity contribution in [1.29, 1.82) is 5.26 Å². The molecule has 7 heavy (non-hydrogen) atoms. The predicted molar refractivity (Wildman–Crippen MR) is 30.6 cm³/mol. The molecule has 0 aliphatic rings. The Hall–Kier alpha value is -0.550. The summed E-state index contributed by atoms with van der Waals surface area (Å²) in [7, 11) is 0. The van der Waals surface area contributed by atoms with E-state index in [1.54, 1.807) is 6.07 Å². The van der Waals surface area contributed by atoms with Gasteiger partial charge in [-0.3, -0.25) is 0 Å². The van der Waals surface area contributed by atoms with Crippen LogP contribution < -0.4 is 5.73 Å². The first-order valence-electron chi connectivity index (χ1n) is 2.21. The van der Waals surface area contributed by atoms with Crippen LogP contribution in [0.4, 0.5) is 0 Å². The first-order chi connectivity index (χ1) is 3.15. The third kappa shape index (κ3) is 214. The first-order valence-corrected chi connectivity index (χ1v) is 2.21. The van der Waals surface area contributed by atoms with Crippen LogP contribution in [0.3, 0.4) is 0 Å². The number of hydrogen-bond donors (Lipinski definition) is 1. The molecule has 0 saturated carbocycles. The lowest BCUT2D eigenvalue weighted by atomic mass is 10.5. The highest BCUT2D eigenvalue weighted by atomic mass is 14.6. The molecule has 2 N–H and O–H groups in total. The molecule has 2 heteroatoms. The van der Waals surface area contributed by atoms with Crippen molar-refractivity contribution in [3.8, 4) is 6.07 Å². The second-order valence-electron chi connectivity index (χ2n) is 1.47. The molecule has 0 fully saturated rings. The molecule has 0 rings (SSSR count). The Balaban J connectivity index is 0. The van der Waals surface area contributed by atoms with E-state index in [0.717, 1.165) is 0 Å². The van der Waals surface area contributed by atoms with Crippen LogP contribution in [-0.4, -0.2) is 6.04 Å². The monoisotopic (exact) mass is 100 g/mol. The molecule has 0 aromatic heterocycles. The van der Waals surface area contributed by atoms with Crippen LogP contribution in [0.2, 0.25) is 0 Å². The third-order valence-electron chi connectivity index (χ3n) is 0. The Kier molecular flexibility index (Phi) is 12.5. The fourth-order valence-electron chi connectivity index (χ4n) is 0. The van der Waals surface area contributed by atoms with Crippen LogP contribution in [0.25, 0.3) is 0 Å². The molecular formula is C5H12N2. The van der Waals surface area contributed by atoms with Crippen LogP contribution in [0.5, 0.6) is 0 Å². The van der Waals surface area contributed by atoms with Crippen molar-refractivity contribution < 1.29 is 0 Å². The van der Waals surface area contributed by atoms with E-state index in [0.29, 0.717) is 6.04 Å². The summed E-state index contributed by atoms with van der Waals surface area (Å²) < 4.78 is 0. The first kappa shape index (κ1) is 9.67. The molecule has 0 spiro atoms. The van der Waals surface area contributed by atoms with E-state index in [1.165, 1.54) is 6.92 Å². The lowest BCUT2D eigenvalue weighted by Gasteiger charge is -1.81. The van der Waals surface area contributed by atoms with Gasteiger partial charge in [-0.15, -0.1) is 0 Å². The second-order valence-corrected chi connectivity index (χ2v) is 1.47. The Morgan fingerprint density at radius 2 is 1.57 bits per heavy atom. The predicted octanol–water partition coefficient (Wildman–Crippen LogP) is 0.883. The van der Waals surface area contributed by atoms with E-state index in [1.807, 2.05) is 13.8 Å². The summed E-state index contributed by atoms with van der Waals surface area (Å²) in [5, 5.41) is 7.32. The Labute approximate surface area is 44.9 Å². The fourth-order valence-corrected chi connectivity index (χ4v) is 0. The minimum atomic E-state index is 0.333. The summed E-state index contributed by atoms with van der Waals surface area (Å²) in [5.74, 6) is 0. The SMILES string of the molecule is CC#N.CC(C)N. The minimum Gasteiger partial charge on any atom is -0.328 e. The van der Waals surface area contributed by atoms with Crippen molar-refractivity contribution in [2.75, 3.05) is 0 Å². The quantitative estimate of drug-likeness (QED) is 0.491.